The molecule has 1 aliphatic rings. The van der Waals surface area contributed by atoms with Crippen LogP contribution in [0.1, 0.15) is 38.3 Å². The second kappa shape index (κ2) is 8.77. The lowest BCUT2D eigenvalue weighted by Crippen LogP contribution is -2.44. The van der Waals surface area contributed by atoms with Gasteiger partial charge in [-0.2, -0.15) is 0 Å². The SMILES string of the molecule is CN=C(NCC(c1cccc(OC)c1)N1CCCC1)NC(C)C. The van der Waals surface area contributed by atoms with Gasteiger partial charge in [0, 0.05) is 19.6 Å². The molecule has 2 N–H and O–H groups in total. The minimum atomic E-state index is 0.332. The molecule has 1 aromatic rings. The minimum Gasteiger partial charge on any atom is -0.497 e. The maximum absolute atomic E-state index is 5.39. The van der Waals surface area contributed by atoms with Crippen molar-refractivity contribution in [3.63, 3.8) is 0 Å². The standard InChI is InChI=1S/C18H30N4O/c1-14(2)21-18(19-3)20-13-17(22-10-5-6-11-22)15-8-7-9-16(12-15)23-4/h7-9,12,14,17H,5-6,10-11,13H2,1-4H3,(H2,19,20,21). The van der Waals surface area contributed by atoms with Crippen LogP contribution in [0.15, 0.2) is 29.3 Å². The summed E-state index contributed by atoms with van der Waals surface area (Å²) in [6.45, 7) is 7.37. The first kappa shape index (κ1) is 17.6. The Balaban J connectivity index is 2.11. The van der Waals surface area contributed by atoms with E-state index in [1.54, 1.807) is 7.11 Å². The van der Waals surface area contributed by atoms with Gasteiger partial charge in [0.2, 0.25) is 0 Å². The fourth-order valence-corrected chi connectivity index (χ4v) is 3.02. The van der Waals surface area contributed by atoms with E-state index in [-0.39, 0.29) is 0 Å². The summed E-state index contributed by atoms with van der Waals surface area (Å²) in [4.78, 5) is 6.85. The number of ether oxygens (including phenoxy) is 1. The van der Waals surface area contributed by atoms with Crippen molar-refractivity contribution in [2.75, 3.05) is 33.8 Å². The molecule has 1 aromatic carbocycles. The number of nitrogens with one attached hydrogen (secondary N) is 2. The third kappa shape index (κ3) is 5.13. The molecule has 5 nitrogen and oxygen atoms in total. The average Bonchev–Trinajstić information content (AvgIpc) is 3.08. The summed E-state index contributed by atoms with van der Waals surface area (Å²) < 4.78 is 5.39. The number of benzene rings is 1. The molecule has 1 aliphatic heterocycles. The number of guanidine groups is 1. The van der Waals surface area contributed by atoms with Gasteiger partial charge in [0.15, 0.2) is 5.96 Å². The molecule has 1 unspecified atom stereocenters. The maximum Gasteiger partial charge on any atom is 0.191 e. The lowest BCUT2D eigenvalue weighted by atomic mass is 10.1. The highest BCUT2D eigenvalue weighted by Crippen LogP contribution is 2.27. The Bertz CT molecular complexity index is 509. The fraction of sp³-hybridized carbons (Fsp3) is 0.611. The van der Waals surface area contributed by atoms with Crippen molar-refractivity contribution < 1.29 is 4.74 Å². The average molecular weight is 318 g/mol. The van der Waals surface area contributed by atoms with E-state index < -0.39 is 0 Å². The summed E-state index contributed by atoms with van der Waals surface area (Å²) in [5.74, 6) is 1.77. The smallest absolute Gasteiger partial charge is 0.191 e. The van der Waals surface area contributed by atoms with Gasteiger partial charge in [-0.25, -0.2) is 0 Å². The van der Waals surface area contributed by atoms with E-state index in [1.807, 2.05) is 13.1 Å². The molecule has 0 saturated carbocycles. The second-order valence-corrected chi connectivity index (χ2v) is 6.29. The van der Waals surface area contributed by atoms with Gasteiger partial charge in [-0.05, 0) is 57.5 Å². The Morgan fingerprint density at radius 2 is 2.04 bits per heavy atom. The number of hydrogen-bond donors (Lipinski definition) is 2. The van der Waals surface area contributed by atoms with E-state index in [9.17, 15) is 0 Å². The summed E-state index contributed by atoms with van der Waals surface area (Å²) in [6.07, 6.45) is 2.55. The Morgan fingerprint density at radius 1 is 1.30 bits per heavy atom. The highest BCUT2D eigenvalue weighted by Gasteiger charge is 2.24. The van der Waals surface area contributed by atoms with Crippen LogP contribution in [0, 0.1) is 0 Å². The van der Waals surface area contributed by atoms with Crippen LogP contribution in [-0.4, -0.2) is 50.7 Å². The van der Waals surface area contributed by atoms with E-state index in [0.717, 1.165) is 31.3 Å². The number of aliphatic imine (C=N–C) groups is 1. The molecule has 0 aromatic heterocycles. The Kier molecular flexibility index (Phi) is 6.71. The van der Waals surface area contributed by atoms with Crippen molar-refractivity contribution in [1.82, 2.24) is 15.5 Å². The Hall–Kier alpha value is -1.75. The predicted octanol–water partition coefficient (Wildman–Crippen LogP) is 2.41. The third-order valence-electron chi connectivity index (χ3n) is 4.17. The molecule has 1 atom stereocenters. The van der Waals surface area contributed by atoms with E-state index in [4.69, 9.17) is 4.74 Å². The molecular weight excluding hydrogens is 288 g/mol. The van der Waals surface area contributed by atoms with Crippen molar-refractivity contribution in [2.24, 2.45) is 4.99 Å². The zero-order chi connectivity index (χ0) is 16.7. The normalized spacial score (nSPS) is 17.3. The number of hydrogen-bond acceptors (Lipinski definition) is 3. The molecule has 2 rings (SSSR count). The van der Waals surface area contributed by atoms with Crippen molar-refractivity contribution >= 4 is 5.96 Å². The van der Waals surface area contributed by atoms with Gasteiger partial charge in [0.25, 0.3) is 0 Å². The van der Waals surface area contributed by atoms with Crippen molar-refractivity contribution in [3.8, 4) is 5.75 Å². The molecule has 23 heavy (non-hydrogen) atoms. The highest BCUT2D eigenvalue weighted by molar-refractivity contribution is 5.79. The van der Waals surface area contributed by atoms with Crippen molar-refractivity contribution in [2.45, 2.75) is 38.8 Å². The lowest BCUT2D eigenvalue weighted by molar-refractivity contribution is 0.245. The molecule has 1 heterocycles. The predicted molar refractivity (Wildman–Crippen MR) is 96.2 cm³/mol. The third-order valence-corrected chi connectivity index (χ3v) is 4.17. The lowest BCUT2D eigenvalue weighted by Gasteiger charge is -2.29. The number of nitrogens with zero attached hydrogens (tertiary/aromatic N) is 2. The molecule has 5 heteroatoms. The molecule has 0 spiro atoms. The maximum atomic E-state index is 5.39. The van der Waals surface area contributed by atoms with E-state index in [0.29, 0.717) is 12.1 Å². The molecule has 1 saturated heterocycles. The summed E-state index contributed by atoms with van der Waals surface area (Å²) >= 11 is 0. The minimum absolute atomic E-state index is 0.332. The number of methoxy groups -OCH3 is 1. The fourth-order valence-electron chi connectivity index (χ4n) is 3.02. The molecule has 128 valence electrons. The summed E-state index contributed by atoms with van der Waals surface area (Å²) in [6, 6.07) is 9.09. The van der Waals surface area contributed by atoms with Gasteiger partial charge < -0.3 is 15.4 Å². The van der Waals surface area contributed by atoms with Gasteiger partial charge in [0.1, 0.15) is 5.75 Å². The summed E-state index contributed by atoms with van der Waals surface area (Å²) in [5, 5.41) is 6.82. The summed E-state index contributed by atoms with van der Waals surface area (Å²) in [5.41, 5.74) is 1.29. The zero-order valence-electron chi connectivity index (χ0n) is 14.8. The van der Waals surface area contributed by atoms with Crippen LogP contribution in [0.2, 0.25) is 0 Å². The Labute approximate surface area is 140 Å². The molecule has 0 radical (unpaired) electrons. The van der Waals surface area contributed by atoms with Crippen molar-refractivity contribution in [3.05, 3.63) is 29.8 Å². The monoisotopic (exact) mass is 318 g/mol. The highest BCUT2D eigenvalue weighted by atomic mass is 16.5. The molecular formula is C18H30N4O. The first-order valence-electron chi connectivity index (χ1n) is 8.49. The van der Waals surface area contributed by atoms with Crippen LogP contribution >= 0.6 is 0 Å². The van der Waals surface area contributed by atoms with Crippen LogP contribution in [-0.2, 0) is 0 Å². The van der Waals surface area contributed by atoms with Crippen LogP contribution in [0.3, 0.4) is 0 Å². The van der Waals surface area contributed by atoms with Crippen LogP contribution in [0.4, 0.5) is 0 Å². The Morgan fingerprint density at radius 3 is 2.65 bits per heavy atom. The number of likely N-dealkylation sites (tertiary alicyclic amines) is 1. The van der Waals surface area contributed by atoms with Crippen LogP contribution in [0.5, 0.6) is 5.75 Å². The van der Waals surface area contributed by atoms with E-state index in [1.165, 1.54) is 18.4 Å². The number of rotatable bonds is 6. The van der Waals surface area contributed by atoms with E-state index >= 15 is 0 Å². The first-order valence-corrected chi connectivity index (χ1v) is 8.49. The topological polar surface area (TPSA) is 48.9 Å². The largest absolute Gasteiger partial charge is 0.497 e. The zero-order valence-corrected chi connectivity index (χ0v) is 14.8. The molecule has 0 amide bonds. The van der Waals surface area contributed by atoms with E-state index in [2.05, 4.69) is 52.6 Å². The van der Waals surface area contributed by atoms with Crippen LogP contribution < -0.4 is 15.4 Å². The van der Waals surface area contributed by atoms with Gasteiger partial charge in [-0.15, -0.1) is 0 Å². The molecule has 0 bridgehead atoms. The molecule has 0 aliphatic carbocycles. The first-order chi connectivity index (χ1) is 11.1. The van der Waals surface area contributed by atoms with Crippen LogP contribution in [0.25, 0.3) is 0 Å². The van der Waals surface area contributed by atoms with Crippen molar-refractivity contribution in [1.29, 1.82) is 0 Å². The molecule has 1 fully saturated rings. The second-order valence-electron chi connectivity index (χ2n) is 6.29. The van der Waals surface area contributed by atoms with Gasteiger partial charge in [0.05, 0.1) is 13.2 Å². The van der Waals surface area contributed by atoms with Gasteiger partial charge >= 0.3 is 0 Å². The summed E-state index contributed by atoms with van der Waals surface area (Å²) in [7, 11) is 3.53. The van der Waals surface area contributed by atoms with Gasteiger partial charge in [-0.1, -0.05) is 12.1 Å². The van der Waals surface area contributed by atoms with Gasteiger partial charge in [-0.3, -0.25) is 9.89 Å². The quantitative estimate of drug-likeness (QED) is 0.625.